The van der Waals surface area contributed by atoms with Crippen molar-refractivity contribution < 1.29 is 24.3 Å². The van der Waals surface area contributed by atoms with Gasteiger partial charge in [-0.3, -0.25) is 19.2 Å². The zero-order valence-electron chi connectivity index (χ0n) is 14.0. The largest absolute Gasteiger partial charge is 0.394 e. The van der Waals surface area contributed by atoms with Gasteiger partial charge in [0.25, 0.3) is 0 Å². The molecule has 9 nitrogen and oxygen atoms in total. The SMILES string of the molecule is CC(=O)C(CO)NC(=O)CCCCCNC(=O)C(N)CCC(N)=O. The van der Waals surface area contributed by atoms with E-state index in [0.29, 0.717) is 25.8 Å². The molecule has 0 saturated carbocycles. The van der Waals surface area contributed by atoms with E-state index >= 15 is 0 Å². The Morgan fingerprint density at radius 3 is 2.29 bits per heavy atom. The number of rotatable bonds is 13. The number of ketones is 1. The third-order valence-electron chi connectivity index (χ3n) is 3.43. The van der Waals surface area contributed by atoms with Gasteiger partial charge in [-0.15, -0.1) is 0 Å². The molecule has 2 unspecified atom stereocenters. The molecule has 0 aromatic rings. The van der Waals surface area contributed by atoms with Crippen molar-refractivity contribution in [3.63, 3.8) is 0 Å². The number of carbonyl (C=O) groups is 4. The molecule has 0 spiro atoms. The average molecular weight is 344 g/mol. The number of nitrogens with two attached hydrogens (primary N) is 2. The zero-order chi connectivity index (χ0) is 18.5. The summed E-state index contributed by atoms with van der Waals surface area (Å²) >= 11 is 0. The summed E-state index contributed by atoms with van der Waals surface area (Å²) in [5.41, 5.74) is 10.6. The lowest BCUT2D eigenvalue weighted by atomic mass is 10.1. The highest BCUT2D eigenvalue weighted by molar-refractivity contribution is 5.87. The highest BCUT2D eigenvalue weighted by Crippen LogP contribution is 2.00. The summed E-state index contributed by atoms with van der Waals surface area (Å²) in [5.74, 6) is -1.41. The van der Waals surface area contributed by atoms with E-state index in [0.717, 1.165) is 0 Å². The highest BCUT2D eigenvalue weighted by atomic mass is 16.3. The van der Waals surface area contributed by atoms with Gasteiger partial charge in [-0.05, 0) is 26.2 Å². The van der Waals surface area contributed by atoms with E-state index in [-0.39, 0.29) is 36.9 Å². The van der Waals surface area contributed by atoms with Gasteiger partial charge < -0.3 is 27.2 Å². The van der Waals surface area contributed by atoms with Crippen LogP contribution < -0.4 is 22.1 Å². The van der Waals surface area contributed by atoms with Gasteiger partial charge in [0.1, 0.15) is 6.04 Å². The zero-order valence-corrected chi connectivity index (χ0v) is 14.0. The van der Waals surface area contributed by atoms with Gasteiger partial charge in [0, 0.05) is 19.4 Å². The molecule has 0 heterocycles. The summed E-state index contributed by atoms with van der Waals surface area (Å²) < 4.78 is 0. The van der Waals surface area contributed by atoms with Crippen LogP contribution in [0.25, 0.3) is 0 Å². The molecule has 7 N–H and O–H groups in total. The van der Waals surface area contributed by atoms with Crippen molar-refractivity contribution in [2.75, 3.05) is 13.2 Å². The highest BCUT2D eigenvalue weighted by Gasteiger charge is 2.15. The van der Waals surface area contributed by atoms with Gasteiger partial charge in [0.2, 0.25) is 17.7 Å². The van der Waals surface area contributed by atoms with Crippen LogP contribution in [0.15, 0.2) is 0 Å². The van der Waals surface area contributed by atoms with Gasteiger partial charge in [-0.1, -0.05) is 6.42 Å². The fraction of sp³-hybridized carbons (Fsp3) is 0.733. The Balaban J connectivity index is 3.72. The number of Topliss-reactive ketones (excluding diaryl/α,β-unsaturated/α-hetero) is 1. The van der Waals surface area contributed by atoms with Crippen molar-refractivity contribution in [1.82, 2.24) is 10.6 Å². The van der Waals surface area contributed by atoms with Crippen LogP contribution in [0.1, 0.15) is 45.4 Å². The standard InChI is InChI=1S/C15H28N4O5/c1-10(21)12(9-20)19-14(23)5-3-2-4-8-18-15(24)11(16)6-7-13(17)22/h11-12,20H,2-9,16H2,1H3,(H2,17,22)(H,18,24)(H,19,23). The van der Waals surface area contributed by atoms with E-state index in [1.807, 2.05) is 0 Å². The second kappa shape index (κ2) is 12.4. The normalized spacial score (nSPS) is 13.0. The van der Waals surface area contributed by atoms with Crippen LogP contribution in [0.2, 0.25) is 0 Å². The van der Waals surface area contributed by atoms with E-state index < -0.39 is 24.6 Å². The minimum atomic E-state index is -0.848. The minimum absolute atomic E-state index is 0.0682. The predicted octanol–water partition coefficient (Wildman–Crippen LogP) is -1.68. The molecular formula is C15H28N4O5. The Morgan fingerprint density at radius 1 is 1.08 bits per heavy atom. The molecule has 2 atom stereocenters. The molecular weight excluding hydrogens is 316 g/mol. The van der Waals surface area contributed by atoms with Crippen molar-refractivity contribution in [2.45, 2.75) is 57.5 Å². The molecule has 0 aliphatic heterocycles. The first-order valence-corrected chi connectivity index (χ1v) is 8.00. The summed E-state index contributed by atoms with van der Waals surface area (Å²) in [6, 6.07) is -1.61. The van der Waals surface area contributed by atoms with Crippen molar-refractivity contribution in [3.05, 3.63) is 0 Å². The van der Waals surface area contributed by atoms with Crippen molar-refractivity contribution in [3.8, 4) is 0 Å². The molecule has 0 rings (SSSR count). The van der Waals surface area contributed by atoms with Gasteiger partial charge in [0.05, 0.1) is 12.6 Å². The van der Waals surface area contributed by atoms with Crippen LogP contribution in [-0.2, 0) is 19.2 Å². The number of aliphatic hydroxyl groups excluding tert-OH is 1. The molecule has 0 aliphatic rings. The third-order valence-corrected chi connectivity index (χ3v) is 3.43. The van der Waals surface area contributed by atoms with E-state index in [9.17, 15) is 19.2 Å². The quantitative estimate of drug-likeness (QED) is 0.250. The first-order chi connectivity index (χ1) is 11.3. The lowest BCUT2D eigenvalue weighted by molar-refractivity contribution is -0.127. The second-order valence-electron chi connectivity index (χ2n) is 5.63. The number of nitrogens with one attached hydrogen (secondary N) is 2. The Kier molecular flexibility index (Phi) is 11.4. The van der Waals surface area contributed by atoms with E-state index in [2.05, 4.69) is 10.6 Å². The van der Waals surface area contributed by atoms with Crippen LogP contribution in [0.4, 0.5) is 0 Å². The lowest BCUT2D eigenvalue weighted by Crippen LogP contribution is -2.42. The molecule has 0 bridgehead atoms. The van der Waals surface area contributed by atoms with Gasteiger partial charge in [-0.2, -0.15) is 0 Å². The summed E-state index contributed by atoms with van der Waals surface area (Å²) in [5, 5.41) is 14.0. The first kappa shape index (κ1) is 22.0. The number of hydrogen-bond acceptors (Lipinski definition) is 6. The topological polar surface area (TPSA) is 165 Å². The molecule has 3 amide bonds. The van der Waals surface area contributed by atoms with Crippen molar-refractivity contribution in [2.24, 2.45) is 11.5 Å². The predicted molar refractivity (Wildman–Crippen MR) is 87.6 cm³/mol. The van der Waals surface area contributed by atoms with Gasteiger partial charge >= 0.3 is 0 Å². The van der Waals surface area contributed by atoms with Crippen LogP contribution in [0.5, 0.6) is 0 Å². The second-order valence-corrected chi connectivity index (χ2v) is 5.63. The van der Waals surface area contributed by atoms with Crippen LogP contribution >= 0.6 is 0 Å². The number of amides is 3. The molecule has 138 valence electrons. The average Bonchev–Trinajstić information content (AvgIpc) is 2.52. The number of unbranched alkanes of at least 4 members (excludes halogenated alkanes) is 2. The summed E-state index contributed by atoms with van der Waals surface area (Å²) in [6.45, 7) is 1.32. The monoisotopic (exact) mass is 344 g/mol. The summed E-state index contributed by atoms with van der Waals surface area (Å²) in [7, 11) is 0. The lowest BCUT2D eigenvalue weighted by Gasteiger charge is -2.13. The first-order valence-electron chi connectivity index (χ1n) is 8.00. The van der Waals surface area contributed by atoms with Crippen molar-refractivity contribution in [1.29, 1.82) is 0 Å². The van der Waals surface area contributed by atoms with E-state index in [1.54, 1.807) is 0 Å². The maximum absolute atomic E-state index is 11.6. The Hall–Kier alpha value is -2.00. The van der Waals surface area contributed by atoms with Crippen molar-refractivity contribution >= 4 is 23.5 Å². The molecule has 0 radical (unpaired) electrons. The Bertz CT molecular complexity index is 442. The van der Waals surface area contributed by atoms with E-state index in [4.69, 9.17) is 16.6 Å². The van der Waals surface area contributed by atoms with Crippen LogP contribution in [-0.4, -0.2) is 53.8 Å². The molecule has 0 fully saturated rings. The summed E-state index contributed by atoms with van der Waals surface area (Å²) in [6.07, 6.45) is 2.52. The number of carbonyl (C=O) groups excluding carboxylic acids is 4. The van der Waals surface area contributed by atoms with Crippen LogP contribution in [0.3, 0.4) is 0 Å². The Labute approximate surface area is 141 Å². The molecule has 0 aromatic heterocycles. The fourth-order valence-electron chi connectivity index (χ4n) is 1.90. The number of hydrogen-bond donors (Lipinski definition) is 5. The third kappa shape index (κ3) is 10.7. The molecule has 0 aliphatic carbocycles. The maximum Gasteiger partial charge on any atom is 0.236 e. The molecule has 9 heteroatoms. The maximum atomic E-state index is 11.6. The minimum Gasteiger partial charge on any atom is -0.394 e. The fourth-order valence-corrected chi connectivity index (χ4v) is 1.90. The number of aliphatic hydroxyl groups is 1. The van der Waals surface area contributed by atoms with Gasteiger partial charge in [0.15, 0.2) is 5.78 Å². The molecule has 0 aromatic carbocycles. The van der Waals surface area contributed by atoms with Crippen LogP contribution in [0, 0.1) is 0 Å². The Morgan fingerprint density at radius 2 is 1.75 bits per heavy atom. The summed E-state index contributed by atoms with van der Waals surface area (Å²) in [4.78, 5) is 44.9. The number of primary amides is 1. The molecule has 0 saturated heterocycles. The molecule has 24 heavy (non-hydrogen) atoms. The van der Waals surface area contributed by atoms with E-state index in [1.165, 1.54) is 6.92 Å². The smallest absolute Gasteiger partial charge is 0.236 e. The van der Waals surface area contributed by atoms with Gasteiger partial charge in [-0.25, -0.2) is 0 Å².